The molecule has 3 aromatic rings. The van der Waals surface area contributed by atoms with Gasteiger partial charge in [0.05, 0.1) is 19.1 Å². The van der Waals surface area contributed by atoms with Crippen molar-refractivity contribution in [3.05, 3.63) is 70.3 Å². The lowest BCUT2D eigenvalue weighted by molar-refractivity contribution is -0.372. The van der Waals surface area contributed by atoms with Crippen LogP contribution in [0.1, 0.15) is 60.1 Å². The van der Waals surface area contributed by atoms with Crippen LogP contribution in [0.15, 0.2) is 42.5 Å². The number of carboxylic acid groups (broad SMARTS) is 1. The van der Waals surface area contributed by atoms with Crippen LogP contribution in [0.25, 0.3) is 0 Å². The van der Waals surface area contributed by atoms with Crippen molar-refractivity contribution in [2.45, 2.75) is 75.8 Å². The summed E-state index contributed by atoms with van der Waals surface area (Å²) in [5.41, 5.74) is 9.58. The van der Waals surface area contributed by atoms with E-state index in [1.165, 1.54) is 0 Å². The van der Waals surface area contributed by atoms with E-state index in [9.17, 15) is 24.9 Å². The number of carbonyl (C=O) groups is 2. The van der Waals surface area contributed by atoms with E-state index < -0.39 is 61.8 Å². The van der Waals surface area contributed by atoms with Crippen LogP contribution >= 0.6 is 0 Å². The zero-order valence-corrected chi connectivity index (χ0v) is 29.7. The number of phenols is 1. The number of carboxylic acids is 1. The van der Waals surface area contributed by atoms with Crippen LogP contribution in [0.3, 0.4) is 0 Å². The molecule has 54 heavy (non-hydrogen) atoms. The van der Waals surface area contributed by atoms with Gasteiger partial charge in [0.1, 0.15) is 54.7 Å². The monoisotopic (exact) mass is 753 g/mol. The summed E-state index contributed by atoms with van der Waals surface area (Å²) in [5.74, 6) is 0.651. The van der Waals surface area contributed by atoms with Gasteiger partial charge >= 0.3 is 11.9 Å². The number of aliphatic hydroxyl groups excluding tert-OH is 2. The van der Waals surface area contributed by atoms with Crippen molar-refractivity contribution in [1.82, 2.24) is 0 Å². The third-order valence-corrected chi connectivity index (χ3v) is 9.58. The Morgan fingerprint density at radius 3 is 2.59 bits per heavy atom. The molecule has 0 radical (unpaired) electrons. The number of fused-ring (bicyclic) bond motifs is 6. The first-order valence-electron chi connectivity index (χ1n) is 17.7. The molecule has 16 heteroatoms. The minimum atomic E-state index is -1.68. The third-order valence-electron chi connectivity index (χ3n) is 9.58. The average Bonchev–Trinajstić information content (AvgIpc) is 3.76. The Kier molecular flexibility index (Phi) is 11.0. The lowest BCUT2D eigenvalue weighted by atomic mass is 9.86. The van der Waals surface area contributed by atoms with Gasteiger partial charge in [-0.2, -0.15) is 4.89 Å². The number of nitrogens with two attached hydrogens (primary N) is 1. The molecule has 4 aliphatic heterocycles. The molecule has 16 nitrogen and oxygen atoms in total. The van der Waals surface area contributed by atoms with Crippen molar-refractivity contribution in [1.29, 1.82) is 0 Å². The van der Waals surface area contributed by atoms with Crippen LogP contribution in [-0.2, 0) is 41.5 Å². The molecule has 0 aromatic heterocycles. The molecule has 1 fully saturated rings. The molecule has 1 saturated heterocycles. The summed E-state index contributed by atoms with van der Waals surface area (Å²) in [6.45, 7) is 4.20. The molecular formula is C38H43NO15. The topological polar surface area (TPSA) is 224 Å². The normalized spacial score (nSPS) is 24.9. The van der Waals surface area contributed by atoms with Gasteiger partial charge in [-0.25, -0.2) is 0 Å². The highest BCUT2D eigenvalue weighted by Crippen LogP contribution is 2.57. The minimum Gasteiger partial charge on any atom is -0.508 e. The number of carbonyl (C=O) groups excluding carboxylic acids is 1. The Balaban J connectivity index is 1.18. The van der Waals surface area contributed by atoms with E-state index in [0.29, 0.717) is 47.3 Å². The van der Waals surface area contributed by atoms with Crippen LogP contribution < -0.4 is 29.6 Å². The number of benzene rings is 3. The molecule has 0 amide bonds. The zero-order chi connectivity index (χ0) is 38.1. The molecular weight excluding hydrogens is 710 g/mol. The van der Waals surface area contributed by atoms with Crippen molar-refractivity contribution in [2.24, 2.45) is 11.7 Å². The Labute approximate surface area is 310 Å². The fraction of sp³-hybridized carbons (Fsp3) is 0.474. The van der Waals surface area contributed by atoms with Gasteiger partial charge in [0.15, 0.2) is 29.6 Å². The van der Waals surface area contributed by atoms with Crippen LogP contribution in [-0.4, -0.2) is 96.2 Å². The number of aliphatic carboxylic acids is 1. The van der Waals surface area contributed by atoms with Gasteiger partial charge < -0.3 is 64.2 Å². The Bertz CT molecular complexity index is 1870. The maximum Gasteiger partial charge on any atom is 0.317 e. The fourth-order valence-electron chi connectivity index (χ4n) is 7.12. The first kappa shape index (κ1) is 37.5. The van der Waals surface area contributed by atoms with Crippen LogP contribution in [0.5, 0.6) is 34.5 Å². The maximum atomic E-state index is 11.8. The molecule has 7 atom stereocenters. The molecule has 4 aliphatic rings. The Hall–Kier alpha value is -4.84. The number of phenolic OH excluding ortho intramolecular Hbond substituents is 1. The number of ether oxygens (including phenoxy) is 7. The van der Waals surface area contributed by atoms with Gasteiger partial charge in [0.25, 0.3) is 0 Å². The van der Waals surface area contributed by atoms with Crippen molar-refractivity contribution in [2.75, 3.05) is 33.2 Å². The second-order valence-corrected chi connectivity index (χ2v) is 14.0. The number of rotatable bonds is 14. The lowest BCUT2D eigenvalue weighted by Crippen LogP contribution is -2.60. The smallest absolute Gasteiger partial charge is 0.317 e. The molecule has 290 valence electrons. The van der Waals surface area contributed by atoms with E-state index in [-0.39, 0.29) is 43.8 Å². The van der Waals surface area contributed by atoms with E-state index >= 15 is 0 Å². The van der Waals surface area contributed by atoms with Crippen LogP contribution in [0.4, 0.5) is 0 Å². The van der Waals surface area contributed by atoms with E-state index in [4.69, 9.17) is 53.8 Å². The fourth-order valence-corrected chi connectivity index (χ4v) is 7.12. The molecule has 0 aliphatic carbocycles. The number of hydrogen-bond donors (Lipinski definition) is 5. The molecule has 0 saturated carbocycles. The summed E-state index contributed by atoms with van der Waals surface area (Å²) in [7, 11) is 0. The predicted molar refractivity (Wildman–Crippen MR) is 184 cm³/mol. The maximum absolute atomic E-state index is 11.8. The molecule has 3 aromatic carbocycles. The van der Waals surface area contributed by atoms with Crippen LogP contribution in [0.2, 0.25) is 0 Å². The van der Waals surface area contributed by atoms with Gasteiger partial charge in [-0.1, -0.05) is 26.0 Å². The van der Waals surface area contributed by atoms with Crippen molar-refractivity contribution in [3.63, 3.8) is 0 Å². The standard InChI is InChI=1S/C38H43NO15/c1-18(2)8-24-34-22(12-28-36(24)50-17-49-28)25-15-47-27-11-20(9-19-4-3-5-21(40)10-19)26(13-23(27)35(25)52-34)53-54-37-33(45)32(44)29(51-38(37)46-7-6-39)16-48-31(43)14-30(41)42/h3-5,10-13,18,25,29,32-33,35,37-38,40,44-45H,6-9,14-17,39H2,1-2H3,(H,41,42). The summed E-state index contributed by atoms with van der Waals surface area (Å²) in [5, 5.41) is 41.2. The van der Waals surface area contributed by atoms with Gasteiger partial charge in [-0.05, 0) is 48.2 Å². The summed E-state index contributed by atoms with van der Waals surface area (Å²) in [4.78, 5) is 34.5. The van der Waals surface area contributed by atoms with E-state index in [2.05, 4.69) is 13.8 Å². The zero-order valence-electron chi connectivity index (χ0n) is 29.7. The summed E-state index contributed by atoms with van der Waals surface area (Å²) in [6.07, 6.45) is -7.78. The van der Waals surface area contributed by atoms with Gasteiger partial charge in [0.2, 0.25) is 6.79 Å². The minimum absolute atomic E-state index is 0.0307. The number of hydrogen-bond acceptors (Lipinski definition) is 15. The van der Waals surface area contributed by atoms with E-state index in [1.807, 2.05) is 18.2 Å². The second-order valence-electron chi connectivity index (χ2n) is 14.0. The van der Waals surface area contributed by atoms with Crippen LogP contribution in [0, 0.1) is 5.92 Å². The van der Waals surface area contributed by atoms with Gasteiger partial charge in [-0.15, -0.1) is 0 Å². The third kappa shape index (κ3) is 7.71. The molecule has 7 unspecified atom stereocenters. The summed E-state index contributed by atoms with van der Waals surface area (Å²) >= 11 is 0. The number of esters is 1. The highest BCUT2D eigenvalue weighted by molar-refractivity contribution is 5.90. The average molecular weight is 754 g/mol. The first-order valence-corrected chi connectivity index (χ1v) is 17.7. The first-order chi connectivity index (χ1) is 26.0. The highest BCUT2D eigenvalue weighted by Gasteiger charge is 2.48. The van der Waals surface area contributed by atoms with Crippen molar-refractivity contribution < 1.29 is 72.9 Å². The number of aromatic hydroxyl groups is 1. The quantitative estimate of drug-likeness (QED) is 0.0691. The van der Waals surface area contributed by atoms with Crippen molar-refractivity contribution in [3.8, 4) is 34.5 Å². The molecule has 7 rings (SSSR count). The molecule has 0 spiro atoms. The summed E-state index contributed by atoms with van der Waals surface area (Å²) < 4.78 is 41.2. The van der Waals surface area contributed by atoms with E-state index in [1.54, 1.807) is 24.3 Å². The largest absolute Gasteiger partial charge is 0.508 e. The van der Waals surface area contributed by atoms with Crippen molar-refractivity contribution >= 4 is 11.9 Å². The second kappa shape index (κ2) is 15.9. The molecule has 4 heterocycles. The highest BCUT2D eigenvalue weighted by atomic mass is 17.2. The van der Waals surface area contributed by atoms with Gasteiger partial charge in [0, 0.05) is 35.2 Å². The lowest BCUT2D eigenvalue weighted by Gasteiger charge is -2.41. The summed E-state index contributed by atoms with van der Waals surface area (Å²) in [6, 6.07) is 12.2. The Morgan fingerprint density at radius 1 is 1.00 bits per heavy atom. The number of aliphatic hydroxyl groups is 2. The SMILES string of the molecule is CC(C)Cc1c2c(cc3c1OC1c4cc(OOC5C(OCCN)OC(COC(=O)CC(=O)O)C(O)C5O)c(Cc5cccc(O)c5)cc4OCC31)OCO2. The predicted octanol–water partition coefficient (Wildman–Crippen LogP) is 2.64. The Morgan fingerprint density at radius 2 is 1.83 bits per heavy atom. The molecule has 6 N–H and O–H groups in total. The van der Waals surface area contributed by atoms with Gasteiger partial charge in [-0.3, -0.25) is 9.59 Å². The molecule has 0 bridgehead atoms. The van der Waals surface area contributed by atoms with E-state index in [0.717, 1.165) is 22.4 Å².